The van der Waals surface area contributed by atoms with E-state index < -0.39 is 12.8 Å². The first kappa shape index (κ1) is 15.9. The molecule has 1 aromatic rings. The molecule has 150 valence electrons. The lowest BCUT2D eigenvalue weighted by Gasteiger charge is -2.34. The summed E-state index contributed by atoms with van der Waals surface area (Å²) in [7, 11) is 0. The van der Waals surface area contributed by atoms with Crippen LogP contribution < -0.4 is 4.90 Å². The van der Waals surface area contributed by atoms with E-state index in [1.54, 1.807) is 12.4 Å². The summed E-state index contributed by atoms with van der Waals surface area (Å²) < 4.78 is 16.3. The van der Waals surface area contributed by atoms with Crippen molar-refractivity contribution in [1.29, 1.82) is 0 Å². The number of unbranched alkanes of at least 4 members (excludes halogenated alkanes) is 1. The number of piperazine rings is 1. The van der Waals surface area contributed by atoms with Gasteiger partial charge in [-0.15, -0.1) is 0 Å². The molecule has 2 amide bonds. The third-order valence-corrected chi connectivity index (χ3v) is 6.87. The van der Waals surface area contributed by atoms with E-state index in [0.717, 1.165) is 51.5 Å². The van der Waals surface area contributed by atoms with Crippen LogP contribution in [-0.4, -0.2) is 70.9 Å². The highest BCUT2D eigenvalue weighted by Crippen LogP contribution is 2.56. The highest BCUT2D eigenvalue weighted by atomic mass is 16.2. The van der Waals surface area contributed by atoms with Crippen LogP contribution in [0.15, 0.2) is 18.5 Å². The van der Waals surface area contributed by atoms with Crippen molar-refractivity contribution >= 4 is 17.8 Å². The molecule has 0 aromatic carbocycles. The molecule has 2 unspecified atom stereocenters. The van der Waals surface area contributed by atoms with Crippen molar-refractivity contribution in [3.63, 3.8) is 0 Å². The van der Waals surface area contributed by atoms with Crippen LogP contribution in [0.5, 0.6) is 0 Å². The second kappa shape index (κ2) is 7.43. The van der Waals surface area contributed by atoms with Gasteiger partial charge in [0.05, 0.1) is 11.8 Å². The maximum atomic E-state index is 12.8. The standard InChI is InChI=1S/C21H29N5O2/c27-19-17-15-4-5-16(14-15)18(17)20(28)26(19)9-2-1-8-24-10-12-25(13-11-24)21-22-6-3-7-23-21/h3,6-7,15-18H,1-2,4-5,8-14H2/t15-,16+,17-,18+/i4D,5D/t4?,5?,15-,16+,17-,18+. The SMILES string of the molecule is [2H]C1C([2H])[C@@H]2C[C@H]1[C@@H]1C(=O)N(CCCCN3CCN(c4ncccn4)CC3)C(=O)[C@@H]12. The number of nitrogens with zero attached hydrogens (tertiary/aromatic N) is 5. The molecule has 7 nitrogen and oxygen atoms in total. The lowest BCUT2D eigenvalue weighted by molar-refractivity contribution is -0.140. The molecule has 2 aliphatic carbocycles. The average Bonchev–Trinajstić information content (AvgIpc) is 3.38. The highest BCUT2D eigenvalue weighted by Gasteiger charge is 2.60. The van der Waals surface area contributed by atoms with Crippen LogP contribution in [0.1, 0.15) is 34.8 Å². The summed E-state index contributed by atoms with van der Waals surface area (Å²) in [6, 6.07) is 1.82. The van der Waals surface area contributed by atoms with Gasteiger partial charge in [-0.2, -0.15) is 0 Å². The molecule has 7 heteroatoms. The highest BCUT2D eigenvalue weighted by molar-refractivity contribution is 6.06. The van der Waals surface area contributed by atoms with E-state index in [1.807, 2.05) is 6.07 Å². The Kier molecular flexibility index (Phi) is 4.20. The predicted molar refractivity (Wildman–Crippen MR) is 104 cm³/mol. The molecule has 2 saturated heterocycles. The Balaban J connectivity index is 1.07. The lowest BCUT2D eigenvalue weighted by Crippen LogP contribution is -2.47. The maximum Gasteiger partial charge on any atom is 0.233 e. The molecule has 2 bridgehead atoms. The van der Waals surface area contributed by atoms with Crippen molar-refractivity contribution in [2.45, 2.75) is 32.1 Å². The number of amides is 2. The zero-order valence-electron chi connectivity index (χ0n) is 18.1. The Morgan fingerprint density at radius 2 is 1.54 bits per heavy atom. The summed E-state index contributed by atoms with van der Waals surface area (Å²) in [5.74, 6) is -0.175. The molecule has 6 atom stereocenters. The molecule has 0 N–H and O–H groups in total. The number of hydrogen-bond donors (Lipinski definition) is 0. The molecule has 2 saturated carbocycles. The fourth-order valence-corrected chi connectivity index (χ4v) is 5.42. The van der Waals surface area contributed by atoms with Gasteiger partial charge >= 0.3 is 0 Å². The monoisotopic (exact) mass is 385 g/mol. The van der Waals surface area contributed by atoms with Crippen molar-refractivity contribution in [2.24, 2.45) is 23.7 Å². The first-order valence-electron chi connectivity index (χ1n) is 11.7. The minimum Gasteiger partial charge on any atom is -0.338 e. The van der Waals surface area contributed by atoms with Gasteiger partial charge in [-0.3, -0.25) is 19.4 Å². The number of fused-ring (bicyclic) bond motifs is 5. The summed E-state index contributed by atoms with van der Waals surface area (Å²) in [6.45, 7) is 5.17. The van der Waals surface area contributed by atoms with Gasteiger partial charge in [0.15, 0.2) is 0 Å². The Morgan fingerprint density at radius 3 is 2.18 bits per heavy atom. The minimum absolute atomic E-state index is 0.0712. The summed E-state index contributed by atoms with van der Waals surface area (Å²) in [6.07, 6.45) is 4.99. The predicted octanol–water partition coefficient (Wildman–Crippen LogP) is 1.41. The Labute approximate surface area is 168 Å². The van der Waals surface area contributed by atoms with Gasteiger partial charge in [-0.05, 0) is 56.5 Å². The minimum atomic E-state index is -0.507. The lowest BCUT2D eigenvalue weighted by atomic mass is 9.81. The number of likely N-dealkylation sites (tertiary alicyclic amines) is 1. The van der Waals surface area contributed by atoms with E-state index in [9.17, 15) is 9.59 Å². The van der Waals surface area contributed by atoms with Gasteiger partial charge < -0.3 is 4.90 Å². The number of rotatable bonds is 6. The second-order valence-corrected chi connectivity index (χ2v) is 8.41. The van der Waals surface area contributed by atoms with Crippen LogP contribution in [0.3, 0.4) is 0 Å². The fourth-order valence-electron chi connectivity index (χ4n) is 5.42. The largest absolute Gasteiger partial charge is 0.338 e. The Bertz CT molecular complexity index is 772. The Hall–Kier alpha value is -2.02. The first-order chi connectivity index (χ1) is 14.6. The third kappa shape index (κ3) is 3.09. The van der Waals surface area contributed by atoms with Crippen molar-refractivity contribution in [3.8, 4) is 0 Å². The number of carbonyl (C=O) groups excluding carboxylic acids is 2. The summed E-state index contributed by atoms with van der Waals surface area (Å²) in [5.41, 5.74) is 0. The normalized spacial score (nSPS) is 38.7. The van der Waals surface area contributed by atoms with Gasteiger partial charge in [0, 0.05) is 47.9 Å². The van der Waals surface area contributed by atoms with E-state index >= 15 is 0 Å². The first-order valence-corrected chi connectivity index (χ1v) is 10.5. The van der Waals surface area contributed by atoms with Gasteiger partial charge in [0.2, 0.25) is 17.8 Å². The molecule has 0 spiro atoms. The molecule has 1 aromatic heterocycles. The van der Waals surface area contributed by atoms with E-state index in [1.165, 1.54) is 4.90 Å². The summed E-state index contributed by atoms with van der Waals surface area (Å²) in [4.78, 5) is 40.4. The molecule has 3 heterocycles. The van der Waals surface area contributed by atoms with Crippen LogP contribution in [0.2, 0.25) is 0 Å². The van der Waals surface area contributed by atoms with Gasteiger partial charge in [0.25, 0.3) is 0 Å². The van der Waals surface area contributed by atoms with Gasteiger partial charge in [-0.1, -0.05) is 0 Å². The van der Waals surface area contributed by atoms with Crippen LogP contribution in [0.4, 0.5) is 5.95 Å². The number of hydrogen-bond acceptors (Lipinski definition) is 6. The topological polar surface area (TPSA) is 69.6 Å². The Morgan fingerprint density at radius 1 is 0.929 bits per heavy atom. The summed E-state index contributed by atoms with van der Waals surface area (Å²) in [5, 5.41) is 0. The third-order valence-electron chi connectivity index (χ3n) is 6.87. The van der Waals surface area contributed by atoms with Crippen molar-refractivity contribution < 1.29 is 12.3 Å². The van der Waals surface area contributed by atoms with Crippen molar-refractivity contribution in [3.05, 3.63) is 18.5 Å². The average molecular weight is 386 g/mol. The van der Waals surface area contributed by atoms with Crippen LogP contribution >= 0.6 is 0 Å². The number of imide groups is 1. The molecule has 0 radical (unpaired) electrons. The number of aromatic nitrogens is 2. The molecular formula is C21H29N5O2. The zero-order chi connectivity index (χ0) is 20.8. The van der Waals surface area contributed by atoms with Crippen molar-refractivity contribution in [2.75, 3.05) is 44.2 Å². The second-order valence-electron chi connectivity index (χ2n) is 8.41. The molecule has 2 aliphatic heterocycles. The zero-order valence-corrected chi connectivity index (χ0v) is 16.1. The van der Waals surface area contributed by atoms with Crippen molar-refractivity contribution in [1.82, 2.24) is 19.8 Å². The van der Waals surface area contributed by atoms with Crippen LogP contribution in [0.25, 0.3) is 0 Å². The molecule has 5 rings (SSSR count). The van der Waals surface area contributed by atoms with Crippen LogP contribution in [0, 0.1) is 23.7 Å². The molecule has 4 fully saturated rings. The van der Waals surface area contributed by atoms with Gasteiger partial charge in [0.1, 0.15) is 0 Å². The van der Waals surface area contributed by atoms with E-state index in [0.29, 0.717) is 13.0 Å². The number of anilines is 1. The quantitative estimate of drug-likeness (QED) is 0.545. The van der Waals surface area contributed by atoms with E-state index in [2.05, 4.69) is 19.8 Å². The molecular weight excluding hydrogens is 354 g/mol. The molecule has 28 heavy (non-hydrogen) atoms. The maximum absolute atomic E-state index is 12.8. The fraction of sp³-hybridized carbons (Fsp3) is 0.714. The smallest absolute Gasteiger partial charge is 0.233 e. The van der Waals surface area contributed by atoms with Crippen LogP contribution in [-0.2, 0) is 9.59 Å². The molecule has 4 aliphatic rings. The summed E-state index contributed by atoms with van der Waals surface area (Å²) >= 11 is 0. The van der Waals surface area contributed by atoms with Gasteiger partial charge in [-0.25, -0.2) is 9.97 Å². The van der Waals surface area contributed by atoms with E-state index in [4.69, 9.17) is 2.74 Å². The van der Waals surface area contributed by atoms with E-state index in [-0.39, 0.29) is 35.5 Å². The number of carbonyl (C=O) groups is 2.